The average Bonchev–Trinajstić information content (AvgIpc) is 2.89. The third kappa shape index (κ3) is 4.86. The Morgan fingerprint density at radius 2 is 2.24 bits per heavy atom. The highest BCUT2D eigenvalue weighted by atomic mass is 35.5. The third-order valence-electron chi connectivity index (χ3n) is 3.26. The van der Waals surface area contributed by atoms with Crippen LogP contribution in [0.2, 0.25) is 5.02 Å². The molecule has 8 nitrogen and oxygen atoms in total. The molecule has 1 aromatic heterocycles. The minimum atomic E-state index is -3.00. The monoisotopic (exact) mass is 374 g/mol. The number of nitro groups is 1. The standard InChI is InChI=1S/C14H13ClF2N4O4/c1-8-11(21(23)24)7-18-20(8)5-4-13(22)19-9-2-3-12(10(15)6-9)25-14(16)17/h2-3,6-7,14H,4-5H2,1H3,(H,19,22). The number of nitrogens with one attached hydrogen (secondary N) is 1. The molecule has 25 heavy (non-hydrogen) atoms. The summed E-state index contributed by atoms with van der Waals surface area (Å²) in [4.78, 5) is 22.1. The minimum absolute atomic E-state index is 0.00653. The van der Waals surface area contributed by atoms with Crippen molar-refractivity contribution in [1.29, 1.82) is 0 Å². The molecular weight excluding hydrogens is 362 g/mol. The van der Waals surface area contributed by atoms with Gasteiger partial charge in [0.15, 0.2) is 0 Å². The summed E-state index contributed by atoms with van der Waals surface area (Å²) in [6.45, 7) is -1.32. The Morgan fingerprint density at radius 1 is 1.52 bits per heavy atom. The van der Waals surface area contributed by atoms with Crippen LogP contribution in [0.15, 0.2) is 24.4 Å². The van der Waals surface area contributed by atoms with Gasteiger partial charge >= 0.3 is 12.3 Å². The van der Waals surface area contributed by atoms with E-state index in [1.807, 2.05) is 0 Å². The predicted molar refractivity (Wildman–Crippen MR) is 84.9 cm³/mol. The Morgan fingerprint density at radius 3 is 2.80 bits per heavy atom. The minimum Gasteiger partial charge on any atom is -0.433 e. The molecule has 1 heterocycles. The summed E-state index contributed by atoms with van der Waals surface area (Å²) >= 11 is 5.80. The van der Waals surface area contributed by atoms with Crippen LogP contribution in [0.5, 0.6) is 5.75 Å². The van der Waals surface area contributed by atoms with Crippen molar-refractivity contribution in [3.05, 3.63) is 45.2 Å². The molecule has 2 aromatic rings. The molecule has 0 unspecified atom stereocenters. The van der Waals surface area contributed by atoms with Crippen LogP contribution in [0, 0.1) is 17.0 Å². The first-order valence-corrected chi connectivity index (χ1v) is 7.36. The SMILES string of the molecule is Cc1c([N+](=O)[O-])cnn1CCC(=O)Nc1ccc(OC(F)F)c(Cl)c1. The number of anilines is 1. The summed E-state index contributed by atoms with van der Waals surface area (Å²) in [6, 6.07) is 3.86. The van der Waals surface area contributed by atoms with E-state index >= 15 is 0 Å². The molecule has 0 bridgehead atoms. The number of alkyl halides is 2. The number of hydrogen-bond acceptors (Lipinski definition) is 5. The van der Waals surface area contributed by atoms with Gasteiger partial charge in [-0.05, 0) is 25.1 Å². The second kappa shape index (κ2) is 7.88. The van der Waals surface area contributed by atoms with Crippen LogP contribution in [0.25, 0.3) is 0 Å². The summed E-state index contributed by atoms with van der Waals surface area (Å²) in [5, 5.41) is 17.1. The van der Waals surface area contributed by atoms with E-state index in [-0.39, 0.29) is 29.4 Å². The molecule has 0 saturated carbocycles. The van der Waals surface area contributed by atoms with Crippen molar-refractivity contribution in [2.75, 3.05) is 5.32 Å². The van der Waals surface area contributed by atoms with Crippen molar-refractivity contribution >= 4 is 28.9 Å². The lowest BCUT2D eigenvalue weighted by Gasteiger charge is -2.10. The average molecular weight is 375 g/mol. The molecule has 0 fully saturated rings. The molecule has 0 saturated heterocycles. The van der Waals surface area contributed by atoms with Gasteiger partial charge < -0.3 is 10.1 Å². The quantitative estimate of drug-likeness (QED) is 0.591. The van der Waals surface area contributed by atoms with Crippen molar-refractivity contribution in [1.82, 2.24) is 9.78 Å². The maximum absolute atomic E-state index is 12.2. The van der Waals surface area contributed by atoms with Crippen LogP contribution in [0.3, 0.4) is 0 Å². The fourth-order valence-corrected chi connectivity index (χ4v) is 2.27. The van der Waals surface area contributed by atoms with E-state index in [0.717, 1.165) is 6.20 Å². The molecule has 0 aliphatic rings. The molecule has 11 heteroatoms. The zero-order chi connectivity index (χ0) is 18.6. The molecular formula is C14H13ClF2N4O4. The zero-order valence-corrected chi connectivity index (χ0v) is 13.7. The number of benzene rings is 1. The Hall–Kier alpha value is -2.75. The zero-order valence-electron chi connectivity index (χ0n) is 12.9. The van der Waals surface area contributed by atoms with Gasteiger partial charge in [-0.1, -0.05) is 11.6 Å². The highest BCUT2D eigenvalue weighted by molar-refractivity contribution is 6.32. The van der Waals surface area contributed by atoms with Crippen LogP contribution in [-0.4, -0.2) is 27.2 Å². The molecule has 0 aliphatic heterocycles. The maximum Gasteiger partial charge on any atom is 0.387 e. The molecule has 1 N–H and O–H groups in total. The highest BCUT2D eigenvalue weighted by Crippen LogP contribution is 2.29. The van der Waals surface area contributed by atoms with E-state index in [9.17, 15) is 23.7 Å². The molecule has 2 rings (SSSR count). The first-order chi connectivity index (χ1) is 11.8. The van der Waals surface area contributed by atoms with Gasteiger partial charge in [-0.15, -0.1) is 0 Å². The first-order valence-electron chi connectivity index (χ1n) is 6.99. The summed E-state index contributed by atoms with van der Waals surface area (Å²) in [5.74, 6) is -0.592. The van der Waals surface area contributed by atoms with Gasteiger partial charge in [0.05, 0.1) is 16.5 Å². The van der Waals surface area contributed by atoms with Crippen LogP contribution in [0.1, 0.15) is 12.1 Å². The second-order valence-electron chi connectivity index (χ2n) is 4.92. The number of aryl methyl sites for hydroxylation is 1. The topological polar surface area (TPSA) is 99.3 Å². The summed E-state index contributed by atoms with van der Waals surface area (Å²) < 4.78 is 29.9. The largest absolute Gasteiger partial charge is 0.433 e. The van der Waals surface area contributed by atoms with Gasteiger partial charge in [0, 0.05) is 12.1 Å². The van der Waals surface area contributed by atoms with Gasteiger partial charge in [0.1, 0.15) is 17.6 Å². The van der Waals surface area contributed by atoms with E-state index in [0.29, 0.717) is 11.4 Å². The molecule has 0 atom stereocenters. The fraction of sp³-hybridized carbons (Fsp3) is 0.286. The normalized spacial score (nSPS) is 10.8. The summed E-state index contributed by atoms with van der Waals surface area (Å²) in [6.07, 6.45) is 1.13. The Balaban J connectivity index is 1.94. The number of hydrogen-bond donors (Lipinski definition) is 1. The summed E-state index contributed by atoms with van der Waals surface area (Å²) in [7, 11) is 0. The van der Waals surface area contributed by atoms with E-state index in [1.165, 1.54) is 29.8 Å². The van der Waals surface area contributed by atoms with Gasteiger partial charge in [-0.25, -0.2) is 0 Å². The molecule has 1 amide bonds. The molecule has 0 spiro atoms. The molecule has 1 aromatic carbocycles. The van der Waals surface area contributed by atoms with Crippen LogP contribution in [-0.2, 0) is 11.3 Å². The number of rotatable bonds is 7. The lowest BCUT2D eigenvalue weighted by Crippen LogP contribution is -2.15. The van der Waals surface area contributed by atoms with E-state index in [1.54, 1.807) is 0 Å². The maximum atomic E-state index is 12.2. The first kappa shape index (κ1) is 18.6. The molecule has 0 aliphatic carbocycles. The second-order valence-corrected chi connectivity index (χ2v) is 5.32. The van der Waals surface area contributed by atoms with Crippen LogP contribution >= 0.6 is 11.6 Å². The van der Waals surface area contributed by atoms with Crippen molar-refractivity contribution in [3.63, 3.8) is 0 Å². The number of carbonyl (C=O) groups is 1. The van der Waals surface area contributed by atoms with Crippen molar-refractivity contribution < 1.29 is 23.2 Å². The number of amides is 1. The Kier molecular flexibility index (Phi) is 5.86. The van der Waals surface area contributed by atoms with E-state index < -0.39 is 17.4 Å². The fourth-order valence-electron chi connectivity index (χ4n) is 2.04. The third-order valence-corrected chi connectivity index (χ3v) is 3.55. The lowest BCUT2D eigenvalue weighted by molar-refractivity contribution is -0.385. The van der Waals surface area contributed by atoms with Crippen LogP contribution in [0.4, 0.5) is 20.2 Å². The van der Waals surface area contributed by atoms with Crippen molar-refractivity contribution in [3.8, 4) is 5.75 Å². The Labute approximate surface area is 145 Å². The number of aromatic nitrogens is 2. The Bertz CT molecular complexity index is 797. The van der Waals surface area contributed by atoms with Crippen LogP contribution < -0.4 is 10.1 Å². The van der Waals surface area contributed by atoms with Gasteiger partial charge in [0.25, 0.3) is 0 Å². The smallest absolute Gasteiger partial charge is 0.387 e. The van der Waals surface area contributed by atoms with Gasteiger partial charge in [-0.2, -0.15) is 13.9 Å². The summed E-state index contributed by atoms with van der Waals surface area (Å²) in [5.41, 5.74) is 0.524. The lowest BCUT2D eigenvalue weighted by atomic mass is 10.3. The highest BCUT2D eigenvalue weighted by Gasteiger charge is 2.17. The number of halogens is 3. The van der Waals surface area contributed by atoms with Gasteiger partial charge in [-0.3, -0.25) is 19.6 Å². The number of ether oxygens (including phenoxy) is 1. The van der Waals surface area contributed by atoms with E-state index in [2.05, 4.69) is 15.2 Å². The molecule has 0 radical (unpaired) electrons. The predicted octanol–water partition coefficient (Wildman–Crippen LogP) is 3.38. The van der Waals surface area contributed by atoms with Crippen molar-refractivity contribution in [2.45, 2.75) is 26.5 Å². The molecule has 134 valence electrons. The van der Waals surface area contributed by atoms with E-state index in [4.69, 9.17) is 11.6 Å². The van der Waals surface area contributed by atoms with Gasteiger partial charge in [0.2, 0.25) is 5.91 Å². The number of nitrogens with zero attached hydrogens (tertiary/aromatic N) is 3. The van der Waals surface area contributed by atoms with Crippen molar-refractivity contribution in [2.24, 2.45) is 0 Å². The number of carbonyl (C=O) groups excluding carboxylic acids is 1.